The number of aliphatic hydroxyl groups excluding tert-OH is 2. The van der Waals surface area contributed by atoms with Gasteiger partial charge in [-0.1, -0.05) is 6.07 Å². The van der Waals surface area contributed by atoms with Crippen molar-refractivity contribution in [3.8, 4) is 0 Å². The van der Waals surface area contributed by atoms with Gasteiger partial charge in [0.15, 0.2) is 5.78 Å². The average molecular weight is 303 g/mol. The maximum atomic E-state index is 11.9. The smallest absolute Gasteiger partial charge is 0.306 e. The van der Waals surface area contributed by atoms with Gasteiger partial charge in [-0.2, -0.15) is 0 Å². The van der Waals surface area contributed by atoms with Crippen molar-refractivity contribution >= 4 is 22.7 Å². The van der Waals surface area contributed by atoms with Crippen molar-refractivity contribution in [3.63, 3.8) is 0 Å². The molecule has 0 aliphatic heterocycles. The van der Waals surface area contributed by atoms with E-state index in [0.29, 0.717) is 17.7 Å². The average Bonchev–Trinajstić information content (AvgIpc) is 2.85. The van der Waals surface area contributed by atoms with Gasteiger partial charge in [-0.05, 0) is 36.1 Å². The van der Waals surface area contributed by atoms with Crippen LogP contribution < -0.4 is 0 Å². The second-order valence-corrected chi connectivity index (χ2v) is 5.67. The molecule has 1 aromatic heterocycles. The van der Waals surface area contributed by atoms with Crippen LogP contribution in [0, 0.1) is 0 Å². The monoisotopic (exact) mass is 303 g/mol. The Bertz CT molecular complexity index is 748. The second-order valence-electron chi connectivity index (χ2n) is 5.67. The van der Waals surface area contributed by atoms with Crippen molar-refractivity contribution in [1.82, 2.24) is 4.98 Å². The molecule has 0 bridgehead atoms. The minimum Gasteiger partial charge on any atom is -0.481 e. The summed E-state index contributed by atoms with van der Waals surface area (Å²) in [6.45, 7) is 0. The van der Waals surface area contributed by atoms with Gasteiger partial charge in [-0.25, -0.2) is 0 Å². The quantitative estimate of drug-likeness (QED) is 0.685. The Morgan fingerprint density at radius 1 is 1.27 bits per heavy atom. The second kappa shape index (κ2) is 5.55. The molecule has 0 fully saturated rings. The molecule has 4 N–H and O–H groups in total. The lowest BCUT2D eigenvalue weighted by molar-refractivity contribution is -0.141. The van der Waals surface area contributed by atoms with Crippen LogP contribution in [0.2, 0.25) is 0 Å². The Morgan fingerprint density at radius 2 is 2.05 bits per heavy atom. The highest BCUT2D eigenvalue weighted by atomic mass is 16.4. The number of Topliss-reactive ketones (excluding diaryl/α,β-unsaturated/α-hetero) is 1. The molecule has 2 aromatic rings. The molecular formula is C16H17NO5. The van der Waals surface area contributed by atoms with Crippen LogP contribution in [0.3, 0.4) is 0 Å². The number of hydrogen-bond acceptors (Lipinski definition) is 4. The topological polar surface area (TPSA) is 111 Å². The number of ketones is 1. The highest BCUT2D eigenvalue weighted by Crippen LogP contribution is 2.31. The first kappa shape index (κ1) is 14.7. The van der Waals surface area contributed by atoms with Crippen molar-refractivity contribution in [2.24, 2.45) is 0 Å². The zero-order valence-corrected chi connectivity index (χ0v) is 11.9. The summed E-state index contributed by atoms with van der Waals surface area (Å²) >= 11 is 0. The molecule has 2 unspecified atom stereocenters. The molecule has 6 heteroatoms. The zero-order chi connectivity index (χ0) is 15.9. The number of benzene rings is 1. The highest BCUT2D eigenvalue weighted by molar-refractivity contribution is 6.03. The maximum Gasteiger partial charge on any atom is 0.306 e. The number of aromatic amines is 1. The van der Waals surface area contributed by atoms with Gasteiger partial charge in [0.1, 0.15) is 6.10 Å². The van der Waals surface area contributed by atoms with Crippen LogP contribution >= 0.6 is 0 Å². The van der Waals surface area contributed by atoms with Gasteiger partial charge >= 0.3 is 5.97 Å². The van der Waals surface area contributed by atoms with Gasteiger partial charge in [0.25, 0.3) is 0 Å². The molecule has 3 rings (SSSR count). The molecule has 1 aromatic carbocycles. The number of aliphatic hydroxyl groups is 2. The van der Waals surface area contributed by atoms with Crippen LogP contribution in [0.25, 0.3) is 10.9 Å². The minimum absolute atomic E-state index is 0.0884. The van der Waals surface area contributed by atoms with Crippen LogP contribution in [0.5, 0.6) is 0 Å². The van der Waals surface area contributed by atoms with E-state index in [1.807, 2.05) is 0 Å². The summed E-state index contributed by atoms with van der Waals surface area (Å²) in [5.41, 5.74) is 2.82. The number of fused-ring (bicyclic) bond motifs is 3. The Morgan fingerprint density at radius 3 is 2.77 bits per heavy atom. The number of aliphatic carboxylic acids is 1. The van der Waals surface area contributed by atoms with Gasteiger partial charge in [0.05, 0.1) is 18.2 Å². The summed E-state index contributed by atoms with van der Waals surface area (Å²) < 4.78 is 0. The number of carbonyl (C=O) groups is 2. The van der Waals surface area contributed by atoms with Gasteiger partial charge < -0.3 is 20.3 Å². The summed E-state index contributed by atoms with van der Waals surface area (Å²) in [7, 11) is 0. The van der Waals surface area contributed by atoms with Crippen molar-refractivity contribution in [2.75, 3.05) is 0 Å². The van der Waals surface area contributed by atoms with E-state index in [0.717, 1.165) is 29.3 Å². The zero-order valence-electron chi connectivity index (χ0n) is 11.9. The molecular weight excluding hydrogens is 286 g/mol. The van der Waals surface area contributed by atoms with Crippen LogP contribution in [0.1, 0.15) is 47.0 Å². The van der Waals surface area contributed by atoms with E-state index in [2.05, 4.69) is 4.98 Å². The fraction of sp³-hybridized carbons (Fsp3) is 0.375. The number of H-pyrrole nitrogens is 1. The third-order valence-corrected chi connectivity index (χ3v) is 4.13. The predicted molar refractivity (Wildman–Crippen MR) is 78.8 cm³/mol. The molecule has 1 aliphatic rings. The first-order valence-electron chi connectivity index (χ1n) is 7.23. The van der Waals surface area contributed by atoms with E-state index in [4.69, 9.17) is 5.11 Å². The number of carboxylic acid groups (broad SMARTS) is 1. The molecule has 1 aliphatic carbocycles. The lowest BCUT2D eigenvalue weighted by Crippen LogP contribution is -2.21. The standard InChI is InChI=1S/C16H17NO5/c18-12-3-1-2-9-10-6-8(4-5-11(10)17-15(9)12)16(22)13(19)7-14(20)21/h4-6,13,16-17,19,22H,1-3,7H2,(H,20,21). The minimum atomic E-state index is -1.37. The lowest BCUT2D eigenvalue weighted by atomic mass is 9.93. The van der Waals surface area contributed by atoms with Gasteiger partial charge in [0, 0.05) is 17.3 Å². The first-order chi connectivity index (χ1) is 10.5. The SMILES string of the molecule is O=C(O)CC(O)C(O)c1ccc2[nH]c3c(c2c1)CCCC3=O. The number of rotatable bonds is 4. The van der Waals surface area contributed by atoms with Crippen LogP contribution in [0.15, 0.2) is 18.2 Å². The molecule has 0 radical (unpaired) electrons. The van der Waals surface area contributed by atoms with E-state index in [9.17, 15) is 19.8 Å². The Labute approximate surface area is 126 Å². The third kappa shape index (κ3) is 2.51. The van der Waals surface area contributed by atoms with E-state index in [-0.39, 0.29) is 5.78 Å². The maximum absolute atomic E-state index is 11.9. The summed E-state index contributed by atoms with van der Waals surface area (Å²) in [5.74, 6) is -1.08. The first-order valence-corrected chi connectivity index (χ1v) is 7.23. The number of carboxylic acids is 1. The fourth-order valence-corrected chi connectivity index (χ4v) is 3.01. The highest BCUT2D eigenvalue weighted by Gasteiger charge is 2.25. The van der Waals surface area contributed by atoms with Crippen molar-refractivity contribution < 1.29 is 24.9 Å². The van der Waals surface area contributed by atoms with Gasteiger partial charge in [-0.3, -0.25) is 9.59 Å². The molecule has 0 saturated heterocycles. The summed E-state index contributed by atoms with van der Waals surface area (Å²) in [5, 5.41) is 29.4. The van der Waals surface area contributed by atoms with E-state index < -0.39 is 24.6 Å². The molecule has 0 amide bonds. The number of aryl methyl sites for hydroxylation is 1. The fourth-order valence-electron chi connectivity index (χ4n) is 3.01. The molecule has 6 nitrogen and oxygen atoms in total. The van der Waals surface area contributed by atoms with E-state index in [1.54, 1.807) is 18.2 Å². The lowest BCUT2D eigenvalue weighted by Gasteiger charge is -2.17. The number of aromatic nitrogens is 1. The normalized spacial score (nSPS) is 17.3. The van der Waals surface area contributed by atoms with Crippen molar-refractivity contribution in [3.05, 3.63) is 35.0 Å². The van der Waals surface area contributed by atoms with Gasteiger partial charge in [-0.15, -0.1) is 0 Å². The molecule has 2 atom stereocenters. The molecule has 1 heterocycles. The molecule has 0 spiro atoms. The number of hydrogen-bond donors (Lipinski definition) is 4. The molecule has 0 saturated carbocycles. The summed E-state index contributed by atoms with van der Waals surface area (Å²) in [6, 6.07) is 5.09. The van der Waals surface area contributed by atoms with Crippen LogP contribution in [-0.2, 0) is 11.2 Å². The third-order valence-electron chi connectivity index (χ3n) is 4.13. The van der Waals surface area contributed by atoms with Crippen molar-refractivity contribution in [2.45, 2.75) is 37.9 Å². The molecule has 116 valence electrons. The number of nitrogens with one attached hydrogen (secondary N) is 1. The van der Waals surface area contributed by atoms with E-state index >= 15 is 0 Å². The number of carbonyl (C=O) groups excluding carboxylic acids is 1. The largest absolute Gasteiger partial charge is 0.481 e. The Kier molecular flexibility index (Phi) is 3.72. The van der Waals surface area contributed by atoms with E-state index in [1.165, 1.54) is 0 Å². The Hall–Kier alpha value is -2.18. The summed E-state index contributed by atoms with van der Waals surface area (Å²) in [4.78, 5) is 25.7. The summed E-state index contributed by atoms with van der Waals surface area (Å²) in [6.07, 6.45) is -1.04. The van der Waals surface area contributed by atoms with Crippen molar-refractivity contribution in [1.29, 1.82) is 0 Å². The molecule has 22 heavy (non-hydrogen) atoms. The van der Waals surface area contributed by atoms with Crippen LogP contribution in [-0.4, -0.2) is 38.2 Å². The van der Waals surface area contributed by atoms with Crippen LogP contribution in [0.4, 0.5) is 0 Å². The predicted octanol–water partition coefficient (Wildman–Crippen LogP) is 1.56. The van der Waals surface area contributed by atoms with Gasteiger partial charge in [0.2, 0.25) is 0 Å². The Balaban J connectivity index is 1.99.